The van der Waals surface area contributed by atoms with E-state index in [4.69, 9.17) is 4.74 Å². The minimum atomic E-state index is -0.0442. The summed E-state index contributed by atoms with van der Waals surface area (Å²) in [4.78, 5) is 18.9. The van der Waals surface area contributed by atoms with Gasteiger partial charge in [0.25, 0.3) is 5.91 Å². The fourth-order valence-electron chi connectivity index (χ4n) is 3.13. The summed E-state index contributed by atoms with van der Waals surface area (Å²) in [5.74, 6) is 0.664. The van der Waals surface area contributed by atoms with Crippen molar-refractivity contribution in [1.29, 1.82) is 0 Å². The zero-order valence-corrected chi connectivity index (χ0v) is 16.8. The lowest BCUT2D eigenvalue weighted by molar-refractivity contribution is 0.0957. The molecule has 0 saturated carbocycles. The van der Waals surface area contributed by atoms with E-state index >= 15 is 0 Å². The Hall–Kier alpha value is -2.29. The molecule has 1 aliphatic rings. The van der Waals surface area contributed by atoms with Gasteiger partial charge in [0.2, 0.25) is 0 Å². The lowest BCUT2D eigenvalue weighted by Crippen LogP contribution is -2.30. The van der Waals surface area contributed by atoms with Crippen LogP contribution >= 0.6 is 22.9 Å². The summed E-state index contributed by atoms with van der Waals surface area (Å²) >= 11 is 2.87. The van der Waals surface area contributed by atoms with E-state index in [0.29, 0.717) is 12.3 Å². The third kappa shape index (κ3) is 3.47. The number of carbonyl (C=O) groups excluding carboxylic acids is 1. The van der Waals surface area contributed by atoms with E-state index in [1.807, 2.05) is 32.3 Å². The first-order valence-electron chi connectivity index (χ1n) is 8.81. The molecular weight excluding hydrogens is 380 g/mol. The molecule has 1 aliphatic carbocycles. The van der Waals surface area contributed by atoms with Gasteiger partial charge in [0, 0.05) is 25.5 Å². The van der Waals surface area contributed by atoms with Crippen LogP contribution in [0, 0.1) is 6.92 Å². The van der Waals surface area contributed by atoms with Gasteiger partial charge in [0.05, 0.1) is 21.0 Å². The molecule has 0 fully saturated rings. The van der Waals surface area contributed by atoms with Gasteiger partial charge in [-0.2, -0.15) is 0 Å². The van der Waals surface area contributed by atoms with Crippen molar-refractivity contribution in [2.24, 2.45) is 0 Å². The number of likely N-dealkylation sites (N-methyl/N-ethyl adjacent to an activating group) is 1. The second-order valence-electron chi connectivity index (χ2n) is 6.30. The van der Waals surface area contributed by atoms with Crippen molar-refractivity contribution in [2.75, 3.05) is 20.1 Å². The van der Waals surface area contributed by atoms with Crippen LogP contribution in [-0.4, -0.2) is 35.4 Å². The quantitative estimate of drug-likeness (QED) is 0.620. The smallest absolute Gasteiger partial charge is 0.261 e. The van der Waals surface area contributed by atoms with Crippen LogP contribution in [0.2, 0.25) is 0 Å². The van der Waals surface area contributed by atoms with Gasteiger partial charge in [-0.3, -0.25) is 9.78 Å². The number of fused-ring (bicyclic) bond motifs is 3. The van der Waals surface area contributed by atoms with Gasteiger partial charge in [-0.15, -0.1) is 0 Å². The van der Waals surface area contributed by atoms with Crippen molar-refractivity contribution >= 4 is 28.8 Å². The van der Waals surface area contributed by atoms with Crippen LogP contribution < -0.4 is 15.4 Å². The van der Waals surface area contributed by atoms with Crippen LogP contribution in [0.15, 0.2) is 24.5 Å². The minimum absolute atomic E-state index is 0.0442. The standard InChI is InChI=1S/C19H20N4O2S2/c1-11-14(4-3-7-21-11)25-19-15-13(6-5-12-10-23-27-16(12)15)17(26-19)18(24)22-9-8-20-2/h3-4,7,10,20H,5-6,8-9H2,1-2H3,(H,22,24). The summed E-state index contributed by atoms with van der Waals surface area (Å²) in [5.41, 5.74) is 4.13. The average molecular weight is 401 g/mol. The van der Waals surface area contributed by atoms with Crippen LogP contribution in [-0.2, 0) is 12.8 Å². The number of nitrogens with one attached hydrogen (secondary N) is 2. The maximum atomic E-state index is 12.8. The Labute approximate surface area is 165 Å². The van der Waals surface area contributed by atoms with E-state index < -0.39 is 0 Å². The first kappa shape index (κ1) is 18.1. The molecule has 1 amide bonds. The molecule has 3 aromatic heterocycles. The van der Waals surface area contributed by atoms with Gasteiger partial charge in [0.1, 0.15) is 5.75 Å². The van der Waals surface area contributed by atoms with Crippen LogP contribution in [0.5, 0.6) is 10.8 Å². The highest BCUT2D eigenvalue weighted by atomic mass is 32.1. The number of carbonyl (C=O) groups is 1. The maximum Gasteiger partial charge on any atom is 0.261 e. The average Bonchev–Trinajstić information content (AvgIpc) is 3.28. The molecule has 3 aromatic rings. The highest BCUT2D eigenvalue weighted by molar-refractivity contribution is 7.17. The number of pyridine rings is 1. The molecule has 0 spiro atoms. The van der Waals surface area contributed by atoms with Crippen molar-refractivity contribution in [2.45, 2.75) is 19.8 Å². The van der Waals surface area contributed by atoms with E-state index in [2.05, 4.69) is 20.0 Å². The monoisotopic (exact) mass is 400 g/mol. The van der Waals surface area contributed by atoms with Crippen LogP contribution in [0.4, 0.5) is 0 Å². The summed E-state index contributed by atoms with van der Waals surface area (Å²) < 4.78 is 10.6. The van der Waals surface area contributed by atoms with Crippen LogP contribution in [0.3, 0.4) is 0 Å². The summed E-state index contributed by atoms with van der Waals surface area (Å²) in [5, 5.41) is 6.77. The van der Waals surface area contributed by atoms with Crippen LogP contribution in [0.25, 0.3) is 10.4 Å². The number of nitrogens with zero attached hydrogens (tertiary/aromatic N) is 2. The summed E-state index contributed by atoms with van der Waals surface area (Å²) in [6.07, 6.45) is 5.39. The molecule has 2 N–H and O–H groups in total. The predicted octanol–water partition coefficient (Wildman–Crippen LogP) is 3.42. The molecule has 0 aromatic carbocycles. The molecule has 27 heavy (non-hydrogen) atoms. The van der Waals surface area contributed by atoms with E-state index in [0.717, 1.165) is 51.0 Å². The topological polar surface area (TPSA) is 76.1 Å². The number of rotatable bonds is 6. The first-order chi connectivity index (χ1) is 13.2. The van der Waals surface area contributed by atoms with Crippen molar-refractivity contribution in [3.05, 3.63) is 46.2 Å². The molecule has 0 saturated heterocycles. The molecule has 0 aliphatic heterocycles. The fourth-order valence-corrected chi connectivity index (χ4v) is 5.19. The van der Waals surface area contributed by atoms with E-state index in [1.54, 1.807) is 6.20 Å². The van der Waals surface area contributed by atoms with E-state index in [1.165, 1.54) is 28.4 Å². The fraction of sp³-hybridized carbons (Fsp3) is 0.316. The largest absolute Gasteiger partial charge is 0.444 e. The normalized spacial score (nSPS) is 12.4. The molecule has 0 atom stereocenters. The number of aromatic nitrogens is 2. The highest BCUT2D eigenvalue weighted by Gasteiger charge is 2.30. The van der Waals surface area contributed by atoms with Gasteiger partial charge in [-0.05, 0) is 61.6 Å². The minimum Gasteiger partial charge on any atom is -0.444 e. The Morgan fingerprint density at radius 3 is 3.04 bits per heavy atom. The van der Waals surface area contributed by atoms with Gasteiger partial charge >= 0.3 is 0 Å². The number of thiophene rings is 1. The Morgan fingerprint density at radius 1 is 1.33 bits per heavy atom. The molecule has 0 bridgehead atoms. The lowest BCUT2D eigenvalue weighted by Gasteiger charge is -2.14. The van der Waals surface area contributed by atoms with Crippen molar-refractivity contribution in [1.82, 2.24) is 20.0 Å². The molecular formula is C19H20N4O2S2. The second-order valence-corrected chi connectivity index (χ2v) is 8.09. The summed E-state index contributed by atoms with van der Waals surface area (Å²) in [6.45, 7) is 3.24. The first-order valence-corrected chi connectivity index (χ1v) is 10.4. The number of ether oxygens (including phenoxy) is 1. The highest BCUT2D eigenvalue weighted by Crippen LogP contribution is 2.50. The Morgan fingerprint density at radius 2 is 2.22 bits per heavy atom. The third-order valence-electron chi connectivity index (χ3n) is 4.52. The van der Waals surface area contributed by atoms with Gasteiger partial charge < -0.3 is 15.4 Å². The van der Waals surface area contributed by atoms with Crippen molar-refractivity contribution in [3.8, 4) is 21.3 Å². The van der Waals surface area contributed by atoms with Gasteiger partial charge in [-0.1, -0.05) is 11.3 Å². The predicted molar refractivity (Wildman–Crippen MR) is 108 cm³/mol. The van der Waals surface area contributed by atoms with E-state index in [9.17, 15) is 4.79 Å². The number of amides is 1. The van der Waals surface area contributed by atoms with Gasteiger partial charge in [0.15, 0.2) is 5.06 Å². The Bertz CT molecular complexity index is 980. The number of hydrogen-bond acceptors (Lipinski definition) is 7. The molecule has 0 unspecified atom stereocenters. The molecule has 6 nitrogen and oxygen atoms in total. The zero-order chi connectivity index (χ0) is 18.8. The zero-order valence-electron chi connectivity index (χ0n) is 15.2. The molecule has 3 heterocycles. The SMILES string of the molecule is CNCCNC(=O)c1sc(Oc2cccnc2C)c2c1CCc1cnsc1-2. The number of hydrogen-bond donors (Lipinski definition) is 2. The molecule has 0 radical (unpaired) electrons. The Kier molecular flexibility index (Phi) is 5.20. The van der Waals surface area contributed by atoms with Crippen molar-refractivity contribution in [3.63, 3.8) is 0 Å². The van der Waals surface area contributed by atoms with Crippen LogP contribution in [0.1, 0.15) is 26.5 Å². The lowest BCUT2D eigenvalue weighted by atomic mass is 9.93. The molecule has 140 valence electrons. The second kappa shape index (κ2) is 7.75. The van der Waals surface area contributed by atoms with Crippen molar-refractivity contribution < 1.29 is 9.53 Å². The number of aryl methyl sites for hydroxylation is 2. The molecule has 4 rings (SSSR count). The summed E-state index contributed by atoms with van der Waals surface area (Å²) in [6, 6.07) is 3.75. The Balaban J connectivity index is 1.75. The molecule has 8 heteroatoms. The van der Waals surface area contributed by atoms with Gasteiger partial charge in [-0.25, -0.2) is 4.37 Å². The maximum absolute atomic E-state index is 12.8. The van der Waals surface area contributed by atoms with E-state index in [-0.39, 0.29) is 5.91 Å². The summed E-state index contributed by atoms with van der Waals surface area (Å²) in [7, 11) is 1.87. The third-order valence-corrected chi connectivity index (χ3v) is 6.49.